The normalized spacial score (nSPS) is 18.7. The van der Waals surface area contributed by atoms with Crippen molar-refractivity contribution in [2.45, 2.75) is 26.2 Å². The maximum Gasteiger partial charge on any atom is 0.165 e. The van der Waals surface area contributed by atoms with Gasteiger partial charge in [-0.1, -0.05) is 25.5 Å². The summed E-state index contributed by atoms with van der Waals surface area (Å²) in [5.41, 5.74) is 0.280. The molecule has 14 heavy (non-hydrogen) atoms. The zero-order chi connectivity index (χ0) is 10.0. The molecule has 1 aromatic rings. The number of rotatable bonds is 3. The monoisotopic (exact) mass is 194 g/mol. The minimum atomic E-state index is -0.268. The van der Waals surface area contributed by atoms with Gasteiger partial charge in [0.2, 0.25) is 0 Å². The minimum Gasteiger partial charge on any atom is -0.490 e. The Morgan fingerprint density at radius 1 is 1.36 bits per heavy atom. The molecule has 2 heteroatoms. The Morgan fingerprint density at radius 3 is 2.64 bits per heavy atom. The minimum absolute atomic E-state index is 0.268. The van der Waals surface area contributed by atoms with Crippen molar-refractivity contribution in [2.24, 2.45) is 5.41 Å². The van der Waals surface area contributed by atoms with Crippen LogP contribution < -0.4 is 4.74 Å². The van der Waals surface area contributed by atoms with E-state index in [1.165, 1.54) is 25.3 Å². The molecule has 0 heterocycles. The number of para-hydroxylation sites is 1. The molecule has 1 aliphatic carbocycles. The molecule has 2 rings (SSSR count). The highest BCUT2D eigenvalue weighted by Gasteiger charge is 2.32. The van der Waals surface area contributed by atoms with Crippen LogP contribution in [0.25, 0.3) is 0 Å². The topological polar surface area (TPSA) is 9.23 Å². The summed E-state index contributed by atoms with van der Waals surface area (Å²) in [5.74, 6) is 0.107. The molecule has 0 aromatic heterocycles. The summed E-state index contributed by atoms with van der Waals surface area (Å²) in [4.78, 5) is 0. The first kappa shape index (κ1) is 9.50. The van der Waals surface area contributed by atoms with E-state index in [4.69, 9.17) is 4.74 Å². The third kappa shape index (κ3) is 1.89. The molecule has 1 aliphatic rings. The van der Waals surface area contributed by atoms with E-state index in [0.29, 0.717) is 12.4 Å². The van der Waals surface area contributed by atoms with Crippen LogP contribution in [0.1, 0.15) is 26.2 Å². The number of halogens is 1. The molecular formula is C12H15FO. The van der Waals surface area contributed by atoms with E-state index in [-0.39, 0.29) is 11.2 Å². The van der Waals surface area contributed by atoms with Crippen molar-refractivity contribution in [1.29, 1.82) is 0 Å². The Labute approximate surface area is 83.9 Å². The molecule has 0 bridgehead atoms. The van der Waals surface area contributed by atoms with E-state index in [0.717, 1.165) is 0 Å². The second kappa shape index (κ2) is 3.60. The summed E-state index contributed by atoms with van der Waals surface area (Å²) < 4.78 is 18.6. The van der Waals surface area contributed by atoms with Gasteiger partial charge in [0.1, 0.15) is 0 Å². The molecule has 1 saturated carbocycles. The van der Waals surface area contributed by atoms with Gasteiger partial charge in [-0.15, -0.1) is 0 Å². The highest BCUT2D eigenvalue weighted by molar-refractivity contribution is 5.23. The van der Waals surface area contributed by atoms with Gasteiger partial charge in [-0.25, -0.2) is 4.39 Å². The van der Waals surface area contributed by atoms with Gasteiger partial charge < -0.3 is 4.74 Å². The van der Waals surface area contributed by atoms with Gasteiger partial charge >= 0.3 is 0 Å². The largest absolute Gasteiger partial charge is 0.490 e. The van der Waals surface area contributed by atoms with Crippen molar-refractivity contribution >= 4 is 0 Å². The maximum atomic E-state index is 13.2. The molecule has 0 radical (unpaired) electrons. The molecule has 0 N–H and O–H groups in total. The summed E-state index contributed by atoms with van der Waals surface area (Å²) in [6.45, 7) is 2.82. The first-order valence-electron chi connectivity index (χ1n) is 5.07. The Kier molecular flexibility index (Phi) is 2.44. The first-order valence-corrected chi connectivity index (χ1v) is 5.07. The molecule has 76 valence electrons. The van der Waals surface area contributed by atoms with Gasteiger partial charge in [-0.2, -0.15) is 0 Å². The van der Waals surface area contributed by atoms with Crippen LogP contribution in [0.3, 0.4) is 0 Å². The van der Waals surface area contributed by atoms with Crippen LogP contribution in [-0.4, -0.2) is 6.61 Å². The third-order valence-corrected chi connectivity index (χ3v) is 2.97. The van der Waals surface area contributed by atoms with Crippen molar-refractivity contribution in [2.75, 3.05) is 6.61 Å². The number of hydrogen-bond donors (Lipinski definition) is 0. The van der Waals surface area contributed by atoms with Crippen molar-refractivity contribution in [3.05, 3.63) is 30.1 Å². The molecule has 0 aliphatic heterocycles. The molecule has 0 unspecified atom stereocenters. The summed E-state index contributed by atoms with van der Waals surface area (Å²) in [6, 6.07) is 6.57. The second-order valence-corrected chi connectivity index (χ2v) is 4.38. The molecule has 0 amide bonds. The van der Waals surface area contributed by atoms with E-state index >= 15 is 0 Å². The molecule has 0 atom stereocenters. The molecule has 0 saturated heterocycles. The Hall–Kier alpha value is -1.05. The highest BCUT2D eigenvalue weighted by Crippen LogP contribution is 2.40. The SMILES string of the molecule is CC1(COc2ccccc2F)CCC1. The van der Waals surface area contributed by atoms with Crippen molar-refractivity contribution in [3.63, 3.8) is 0 Å². The fourth-order valence-electron chi connectivity index (χ4n) is 1.74. The van der Waals surface area contributed by atoms with Crippen LogP contribution >= 0.6 is 0 Å². The van der Waals surface area contributed by atoms with E-state index in [1.807, 2.05) is 0 Å². The highest BCUT2D eigenvalue weighted by atomic mass is 19.1. The summed E-state index contributed by atoms with van der Waals surface area (Å²) in [7, 11) is 0. The van der Waals surface area contributed by atoms with Gasteiger partial charge in [0.15, 0.2) is 11.6 Å². The lowest BCUT2D eigenvalue weighted by atomic mass is 9.71. The van der Waals surface area contributed by atoms with E-state index in [9.17, 15) is 4.39 Å². The number of hydrogen-bond acceptors (Lipinski definition) is 1. The summed E-state index contributed by atoms with van der Waals surface area (Å²) in [5, 5.41) is 0. The Balaban J connectivity index is 1.95. The molecular weight excluding hydrogens is 179 g/mol. The van der Waals surface area contributed by atoms with Crippen molar-refractivity contribution < 1.29 is 9.13 Å². The Bertz CT molecular complexity index is 318. The first-order chi connectivity index (χ1) is 6.70. The molecule has 1 aromatic carbocycles. The zero-order valence-electron chi connectivity index (χ0n) is 8.42. The van der Waals surface area contributed by atoms with Crippen LogP contribution in [0.2, 0.25) is 0 Å². The van der Waals surface area contributed by atoms with Crippen LogP contribution in [-0.2, 0) is 0 Å². The average molecular weight is 194 g/mol. The lowest BCUT2D eigenvalue weighted by Gasteiger charge is -2.37. The van der Waals surface area contributed by atoms with Crippen LogP contribution in [0.15, 0.2) is 24.3 Å². The van der Waals surface area contributed by atoms with Crippen LogP contribution in [0.4, 0.5) is 4.39 Å². The molecule has 1 nitrogen and oxygen atoms in total. The fourth-order valence-corrected chi connectivity index (χ4v) is 1.74. The van der Waals surface area contributed by atoms with Gasteiger partial charge in [0.25, 0.3) is 0 Å². The number of benzene rings is 1. The van der Waals surface area contributed by atoms with Gasteiger partial charge in [0.05, 0.1) is 6.61 Å². The van der Waals surface area contributed by atoms with E-state index in [2.05, 4.69) is 6.92 Å². The predicted octanol–water partition coefficient (Wildman–Crippen LogP) is 3.39. The Morgan fingerprint density at radius 2 is 2.07 bits per heavy atom. The second-order valence-electron chi connectivity index (χ2n) is 4.38. The molecule has 1 fully saturated rings. The smallest absolute Gasteiger partial charge is 0.165 e. The fraction of sp³-hybridized carbons (Fsp3) is 0.500. The third-order valence-electron chi connectivity index (χ3n) is 2.97. The lowest BCUT2D eigenvalue weighted by molar-refractivity contribution is 0.0753. The summed E-state index contributed by atoms with van der Waals surface area (Å²) >= 11 is 0. The van der Waals surface area contributed by atoms with Gasteiger partial charge in [-0.3, -0.25) is 0 Å². The summed E-state index contributed by atoms with van der Waals surface area (Å²) in [6.07, 6.45) is 3.67. The quantitative estimate of drug-likeness (QED) is 0.716. The van der Waals surface area contributed by atoms with Gasteiger partial charge in [0, 0.05) is 5.41 Å². The van der Waals surface area contributed by atoms with Crippen LogP contribution in [0.5, 0.6) is 5.75 Å². The van der Waals surface area contributed by atoms with Gasteiger partial charge in [-0.05, 0) is 25.0 Å². The standard InChI is InChI=1S/C12H15FO/c1-12(7-4-8-12)9-14-11-6-3-2-5-10(11)13/h2-3,5-6H,4,7-9H2,1H3. The maximum absolute atomic E-state index is 13.2. The average Bonchev–Trinajstić information content (AvgIpc) is 2.14. The zero-order valence-corrected chi connectivity index (χ0v) is 8.42. The van der Waals surface area contributed by atoms with E-state index < -0.39 is 0 Å². The van der Waals surface area contributed by atoms with Crippen LogP contribution in [0, 0.1) is 11.2 Å². The van der Waals surface area contributed by atoms with E-state index in [1.54, 1.807) is 18.2 Å². The lowest BCUT2D eigenvalue weighted by Crippen LogP contribution is -2.32. The number of ether oxygens (including phenoxy) is 1. The van der Waals surface area contributed by atoms with Crippen molar-refractivity contribution in [1.82, 2.24) is 0 Å². The van der Waals surface area contributed by atoms with Crippen molar-refractivity contribution in [3.8, 4) is 5.75 Å². The molecule has 0 spiro atoms. The predicted molar refractivity (Wildman–Crippen MR) is 53.9 cm³/mol.